The molecule has 2 bridgehead atoms. The third kappa shape index (κ3) is 1.74. The van der Waals surface area contributed by atoms with E-state index in [0.717, 1.165) is 11.8 Å². The molecule has 17 heavy (non-hydrogen) atoms. The molecule has 3 rings (SSSR count). The van der Waals surface area contributed by atoms with E-state index in [1.807, 2.05) is 6.92 Å². The van der Waals surface area contributed by atoms with Crippen molar-refractivity contribution in [1.82, 2.24) is 4.72 Å². The summed E-state index contributed by atoms with van der Waals surface area (Å²) >= 11 is 0. The van der Waals surface area contributed by atoms with Crippen LogP contribution in [0.1, 0.15) is 32.6 Å². The summed E-state index contributed by atoms with van der Waals surface area (Å²) in [5.41, 5.74) is 5.53. The third-order valence-electron chi connectivity index (χ3n) is 5.19. The largest absolute Gasteiger partial charge is 0.329 e. The van der Waals surface area contributed by atoms with Gasteiger partial charge < -0.3 is 5.73 Å². The summed E-state index contributed by atoms with van der Waals surface area (Å²) in [6.07, 6.45) is 4.58. The minimum Gasteiger partial charge on any atom is -0.329 e. The minimum atomic E-state index is -3.20. The Morgan fingerprint density at radius 3 is 2.35 bits per heavy atom. The molecule has 3 saturated carbocycles. The van der Waals surface area contributed by atoms with E-state index in [0.29, 0.717) is 18.3 Å². The normalized spacial score (nSPS) is 44.7. The maximum absolute atomic E-state index is 12.1. The van der Waals surface area contributed by atoms with Crippen LogP contribution in [0.15, 0.2) is 0 Å². The molecule has 0 aromatic heterocycles. The van der Waals surface area contributed by atoms with Crippen LogP contribution in [0.2, 0.25) is 0 Å². The fourth-order valence-corrected chi connectivity index (χ4v) is 5.86. The van der Waals surface area contributed by atoms with Crippen molar-refractivity contribution in [2.24, 2.45) is 29.4 Å². The molecule has 0 saturated heterocycles. The van der Waals surface area contributed by atoms with Crippen molar-refractivity contribution >= 4 is 10.0 Å². The zero-order valence-corrected chi connectivity index (χ0v) is 11.1. The average Bonchev–Trinajstić information content (AvgIpc) is 2.71. The van der Waals surface area contributed by atoms with Crippen LogP contribution in [-0.4, -0.2) is 26.3 Å². The molecular formula is C12H22N2O2S. The predicted molar refractivity (Wildman–Crippen MR) is 66.8 cm³/mol. The van der Waals surface area contributed by atoms with Gasteiger partial charge in [-0.3, -0.25) is 0 Å². The highest BCUT2D eigenvalue weighted by molar-refractivity contribution is 7.90. The second kappa shape index (κ2) is 3.93. The first-order chi connectivity index (χ1) is 8.08. The van der Waals surface area contributed by atoms with E-state index < -0.39 is 15.3 Å². The van der Waals surface area contributed by atoms with E-state index in [1.165, 1.54) is 19.3 Å². The second-order valence-electron chi connectivity index (χ2n) is 5.94. The van der Waals surface area contributed by atoms with Crippen LogP contribution in [0, 0.1) is 23.7 Å². The Balaban J connectivity index is 1.66. The van der Waals surface area contributed by atoms with E-state index in [2.05, 4.69) is 4.72 Å². The molecule has 3 aliphatic carbocycles. The van der Waals surface area contributed by atoms with Crippen LogP contribution in [0.5, 0.6) is 0 Å². The zero-order valence-electron chi connectivity index (χ0n) is 10.3. The summed E-state index contributed by atoms with van der Waals surface area (Å²) in [5.74, 6) is 2.91. The van der Waals surface area contributed by atoms with Crippen LogP contribution in [0.3, 0.4) is 0 Å². The molecule has 0 aromatic rings. The van der Waals surface area contributed by atoms with Crippen LogP contribution in [0.25, 0.3) is 0 Å². The molecule has 5 atom stereocenters. The Kier molecular flexibility index (Phi) is 2.76. The van der Waals surface area contributed by atoms with E-state index in [-0.39, 0.29) is 12.6 Å². The van der Waals surface area contributed by atoms with Gasteiger partial charge in [0.2, 0.25) is 10.0 Å². The Hall–Kier alpha value is -0.130. The summed E-state index contributed by atoms with van der Waals surface area (Å²) in [5, 5.41) is -0.415. The van der Waals surface area contributed by atoms with Gasteiger partial charge in [0, 0.05) is 12.6 Å². The maximum Gasteiger partial charge on any atom is 0.215 e. The van der Waals surface area contributed by atoms with Gasteiger partial charge in [-0.25, -0.2) is 13.1 Å². The van der Waals surface area contributed by atoms with Crippen LogP contribution in [0.4, 0.5) is 0 Å². The molecule has 3 fully saturated rings. The van der Waals surface area contributed by atoms with Gasteiger partial charge in [-0.1, -0.05) is 6.92 Å². The van der Waals surface area contributed by atoms with Crippen molar-refractivity contribution in [3.63, 3.8) is 0 Å². The summed E-state index contributed by atoms with van der Waals surface area (Å²) in [7, 11) is -3.20. The van der Waals surface area contributed by atoms with E-state index in [9.17, 15) is 8.42 Å². The molecule has 3 N–H and O–H groups in total. The highest BCUT2D eigenvalue weighted by atomic mass is 32.2. The van der Waals surface area contributed by atoms with Crippen LogP contribution >= 0.6 is 0 Å². The molecule has 4 nitrogen and oxygen atoms in total. The summed E-state index contributed by atoms with van der Waals surface area (Å²) < 4.78 is 27.2. The van der Waals surface area contributed by atoms with Crippen molar-refractivity contribution in [2.45, 2.75) is 43.9 Å². The SMILES string of the molecule is CCC(CN)S(=O)(=O)NC1C2C3CCC(C3)C12. The molecule has 0 amide bonds. The maximum atomic E-state index is 12.1. The predicted octanol–water partition coefficient (Wildman–Crippen LogP) is 0.688. The number of hydrogen-bond donors (Lipinski definition) is 2. The minimum absolute atomic E-state index is 0.223. The first-order valence-electron chi connectivity index (χ1n) is 6.79. The summed E-state index contributed by atoms with van der Waals surface area (Å²) in [4.78, 5) is 0. The van der Waals surface area contributed by atoms with Crippen molar-refractivity contribution < 1.29 is 8.42 Å². The molecule has 3 aliphatic rings. The third-order valence-corrected chi connectivity index (χ3v) is 7.20. The lowest BCUT2D eigenvalue weighted by Crippen LogP contribution is -2.41. The monoisotopic (exact) mass is 258 g/mol. The summed E-state index contributed by atoms with van der Waals surface area (Å²) in [6.45, 7) is 2.11. The van der Waals surface area contributed by atoms with Gasteiger partial charge in [0.25, 0.3) is 0 Å². The topological polar surface area (TPSA) is 72.2 Å². The van der Waals surface area contributed by atoms with Crippen LogP contribution in [-0.2, 0) is 10.0 Å². The quantitative estimate of drug-likeness (QED) is 0.762. The number of rotatable bonds is 5. The van der Waals surface area contributed by atoms with Crippen LogP contribution < -0.4 is 10.5 Å². The van der Waals surface area contributed by atoms with Gasteiger partial charge >= 0.3 is 0 Å². The number of sulfonamides is 1. The zero-order chi connectivity index (χ0) is 12.2. The lowest BCUT2D eigenvalue weighted by atomic mass is 10.0. The number of nitrogens with one attached hydrogen (secondary N) is 1. The number of hydrogen-bond acceptors (Lipinski definition) is 3. The van der Waals surface area contributed by atoms with Gasteiger partial charge in [-0.05, 0) is 49.4 Å². The van der Waals surface area contributed by atoms with Crippen molar-refractivity contribution in [3.8, 4) is 0 Å². The fraction of sp³-hybridized carbons (Fsp3) is 1.00. The summed E-state index contributed by atoms with van der Waals surface area (Å²) in [6, 6.07) is 0.242. The Bertz CT molecular complexity index is 389. The van der Waals surface area contributed by atoms with E-state index in [4.69, 9.17) is 5.73 Å². The van der Waals surface area contributed by atoms with Crippen molar-refractivity contribution in [1.29, 1.82) is 0 Å². The Morgan fingerprint density at radius 1 is 1.29 bits per heavy atom. The van der Waals surface area contributed by atoms with Gasteiger partial charge in [0.05, 0.1) is 5.25 Å². The van der Waals surface area contributed by atoms with Gasteiger partial charge in [0.15, 0.2) is 0 Å². The van der Waals surface area contributed by atoms with Gasteiger partial charge in [-0.2, -0.15) is 0 Å². The van der Waals surface area contributed by atoms with Crippen molar-refractivity contribution in [3.05, 3.63) is 0 Å². The first-order valence-corrected chi connectivity index (χ1v) is 8.34. The van der Waals surface area contributed by atoms with E-state index in [1.54, 1.807) is 0 Å². The smallest absolute Gasteiger partial charge is 0.215 e. The highest BCUT2D eigenvalue weighted by Crippen LogP contribution is 2.65. The fourth-order valence-electron chi connectivity index (χ4n) is 4.28. The van der Waals surface area contributed by atoms with Gasteiger partial charge in [0.1, 0.15) is 0 Å². The Labute approximate surface area is 103 Å². The highest BCUT2D eigenvalue weighted by Gasteiger charge is 2.65. The Morgan fingerprint density at radius 2 is 1.88 bits per heavy atom. The molecule has 5 unspecified atom stereocenters. The molecule has 5 heteroatoms. The van der Waals surface area contributed by atoms with Crippen molar-refractivity contribution in [2.75, 3.05) is 6.54 Å². The average molecular weight is 258 g/mol. The molecule has 0 aromatic carbocycles. The lowest BCUT2D eigenvalue weighted by molar-refractivity contribution is 0.456. The van der Waals surface area contributed by atoms with Gasteiger partial charge in [-0.15, -0.1) is 0 Å². The molecule has 0 heterocycles. The number of fused-ring (bicyclic) bond motifs is 5. The molecule has 98 valence electrons. The lowest BCUT2D eigenvalue weighted by Gasteiger charge is -2.16. The first kappa shape index (κ1) is 11.9. The molecule has 0 aliphatic heterocycles. The second-order valence-corrected chi connectivity index (χ2v) is 7.93. The molecule has 0 spiro atoms. The van der Waals surface area contributed by atoms with E-state index >= 15 is 0 Å². The number of nitrogens with two attached hydrogens (primary N) is 1. The molecular weight excluding hydrogens is 236 g/mol. The molecule has 0 radical (unpaired) electrons. The standard InChI is InChI=1S/C12H22N2O2S/c1-2-9(6-13)17(15,16)14-12-10-7-3-4-8(5-7)11(10)12/h7-12,14H,2-6,13H2,1H3.